The van der Waals surface area contributed by atoms with E-state index in [-0.39, 0.29) is 11.4 Å². The van der Waals surface area contributed by atoms with Crippen molar-refractivity contribution in [2.45, 2.75) is 39.2 Å². The Balaban J connectivity index is 2.59. The Morgan fingerprint density at radius 3 is 2.15 bits per heavy atom. The molecular formula is C10H14O3. The van der Waals surface area contributed by atoms with Crippen LogP contribution in [0.15, 0.2) is 0 Å². The molecule has 0 aromatic rings. The highest BCUT2D eigenvalue weighted by Crippen LogP contribution is 2.64. The topological polar surface area (TPSA) is 43.4 Å². The van der Waals surface area contributed by atoms with E-state index < -0.39 is 11.0 Å². The van der Waals surface area contributed by atoms with Crippen molar-refractivity contribution >= 4 is 12.3 Å². The van der Waals surface area contributed by atoms with Gasteiger partial charge in [-0.15, -0.1) is 0 Å². The Morgan fingerprint density at radius 2 is 1.92 bits per heavy atom. The molecule has 2 aliphatic rings. The normalized spacial score (nSPS) is 46.2. The predicted molar refractivity (Wildman–Crippen MR) is 46.0 cm³/mol. The fourth-order valence-electron chi connectivity index (χ4n) is 2.57. The molecule has 0 aromatic carbocycles. The first-order chi connectivity index (χ1) is 5.90. The van der Waals surface area contributed by atoms with Crippen LogP contribution in [0.5, 0.6) is 0 Å². The van der Waals surface area contributed by atoms with Crippen molar-refractivity contribution in [2.24, 2.45) is 10.8 Å². The first kappa shape index (κ1) is 8.73. The number of esters is 1. The quantitative estimate of drug-likeness (QED) is 0.453. The molecule has 0 amide bonds. The second kappa shape index (κ2) is 1.97. The smallest absolute Gasteiger partial charge is 0.313 e. The SMILES string of the molecule is CC12CC[C@](C=O)(OC1=O)C2(C)C. The van der Waals surface area contributed by atoms with Crippen LogP contribution in [0, 0.1) is 10.8 Å². The van der Waals surface area contributed by atoms with E-state index in [0.29, 0.717) is 6.42 Å². The molecule has 72 valence electrons. The van der Waals surface area contributed by atoms with Crippen LogP contribution in [-0.4, -0.2) is 17.9 Å². The number of ether oxygens (including phenoxy) is 1. The molecule has 0 N–H and O–H groups in total. The van der Waals surface area contributed by atoms with Gasteiger partial charge in [-0.2, -0.15) is 0 Å². The van der Waals surface area contributed by atoms with Crippen molar-refractivity contribution < 1.29 is 14.3 Å². The summed E-state index contributed by atoms with van der Waals surface area (Å²) in [6.45, 7) is 5.78. The fraction of sp³-hybridized carbons (Fsp3) is 0.800. The summed E-state index contributed by atoms with van der Waals surface area (Å²) in [5.74, 6) is -0.212. The van der Waals surface area contributed by atoms with Crippen molar-refractivity contribution in [3.63, 3.8) is 0 Å². The summed E-state index contributed by atoms with van der Waals surface area (Å²) in [4.78, 5) is 22.6. The third-order valence-electron chi connectivity index (χ3n) is 4.35. The minimum absolute atomic E-state index is 0.212. The van der Waals surface area contributed by atoms with Crippen LogP contribution in [0.1, 0.15) is 33.6 Å². The monoisotopic (exact) mass is 182 g/mol. The van der Waals surface area contributed by atoms with Crippen LogP contribution < -0.4 is 0 Å². The van der Waals surface area contributed by atoms with Crippen molar-refractivity contribution in [3.05, 3.63) is 0 Å². The van der Waals surface area contributed by atoms with Gasteiger partial charge in [-0.05, 0) is 19.8 Å². The zero-order chi connectivity index (χ0) is 9.91. The lowest BCUT2D eigenvalue weighted by atomic mass is 9.67. The van der Waals surface area contributed by atoms with E-state index in [2.05, 4.69) is 0 Å². The van der Waals surface area contributed by atoms with Crippen molar-refractivity contribution in [3.8, 4) is 0 Å². The van der Waals surface area contributed by atoms with E-state index in [4.69, 9.17) is 4.74 Å². The number of hydrogen-bond acceptors (Lipinski definition) is 3. The molecule has 1 heterocycles. The average Bonchev–Trinajstić information content (AvgIpc) is 2.34. The van der Waals surface area contributed by atoms with Gasteiger partial charge in [0.25, 0.3) is 0 Å². The summed E-state index contributed by atoms with van der Waals surface area (Å²) < 4.78 is 5.21. The first-order valence-corrected chi connectivity index (χ1v) is 4.59. The van der Waals surface area contributed by atoms with E-state index in [1.807, 2.05) is 20.8 Å². The fourth-order valence-corrected chi connectivity index (χ4v) is 2.57. The molecule has 1 aliphatic carbocycles. The first-order valence-electron chi connectivity index (χ1n) is 4.59. The number of aldehydes is 1. The minimum Gasteiger partial charge on any atom is -0.450 e. The van der Waals surface area contributed by atoms with Crippen LogP contribution in [0.4, 0.5) is 0 Å². The molecule has 1 aliphatic heterocycles. The number of hydrogen-bond donors (Lipinski definition) is 0. The minimum atomic E-state index is -0.848. The van der Waals surface area contributed by atoms with Gasteiger partial charge in [0.15, 0.2) is 11.9 Å². The highest BCUT2D eigenvalue weighted by molar-refractivity contribution is 5.88. The van der Waals surface area contributed by atoms with Gasteiger partial charge in [0.1, 0.15) is 0 Å². The number of carbonyl (C=O) groups is 2. The Kier molecular flexibility index (Phi) is 1.32. The molecule has 0 aromatic heterocycles. The third-order valence-corrected chi connectivity index (χ3v) is 4.35. The Bertz CT molecular complexity index is 295. The molecule has 1 unspecified atom stereocenters. The number of carbonyl (C=O) groups excluding carboxylic acids is 2. The highest BCUT2D eigenvalue weighted by atomic mass is 16.6. The van der Waals surface area contributed by atoms with Crippen molar-refractivity contribution in [2.75, 3.05) is 0 Å². The molecule has 2 fully saturated rings. The maximum Gasteiger partial charge on any atom is 0.313 e. The number of fused-ring (bicyclic) bond motifs is 2. The Morgan fingerprint density at radius 1 is 1.31 bits per heavy atom. The van der Waals surface area contributed by atoms with Gasteiger partial charge in [-0.1, -0.05) is 13.8 Å². The second-order valence-corrected chi connectivity index (χ2v) is 4.85. The van der Waals surface area contributed by atoms with Gasteiger partial charge in [0.2, 0.25) is 0 Å². The van der Waals surface area contributed by atoms with Crippen molar-refractivity contribution in [1.82, 2.24) is 0 Å². The zero-order valence-corrected chi connectivity index (χ0v) is 8.22. The summed E-state index contributed by atoms with van der Waals surface area (Å²) in [5.41, 5.74) is -1.68. The van der Waals surface area contributed by atoms with Gasteiger partial charge in [0, 0.05) is 5.41 Å². The lowest BCUT2D eigenvalue weighted by Gasteiger charge is -2.32. The largest absolute Gasteiger partial charge is 0.450 e. The number of rotatable bonds is 1. The van der Waals surface area contributed by atoms with Crippen LogP contribution in [0.25, 0.3) is 0 Å². The maximum atomic E-state index is 11.6. The Hall–Kier alpha value is -0.860. The summed E-state index contributed by atoms with van der Waals surface area (Å²) in [5, 5.41) is 0. The Labute approximate surface area is 77.4 Å². The molecule has 3 heteroatoms. The summed E-state index contributed by atoms with van der Waals surface area (Å²) in [6.07, 6.45) is 2.24. The average molecular weight is 182 g/mol. The molecule has 3 nitrogen and oxygen atoms in total. The zero-order valence-electron chi connectivity index (χ0n) is 8.22. The molecule has 0 spiro atoms. The van der Waals surface area contributed by atoms with E-state index in [1.165, 1.54) is 0 Å². The molecule has 2 bridgehead atoms. The molecule has 2 rings (SSSR count). The van der Waals surface area contributed by atoms with Gasteiger partial charge in [-0.3, -0.25) is 9.59 Å². The van der Waals surface area contributed by atoms with Gasteiger partial charge >= 0.3 is 5.97 Å². The van der Waals surface area contributed by atoms with Crippen LogP contribution in [0.3, 0.4) is 0 Å². The lowest BCUT2D eigenvalue weighted by molar-refractivity contribution is -0.162. The van der Waals surface area contributed by atoms with Gasteiger partial charge < -0.3 is 4.74 Å². The van der Waals surface area contributed by atoms with Crippen molar-refractivity contribution in [1.29, 1.82) is 0 Å². The predicted octanol–water partition coefficient (Wildman–Crippen LogP) is 1.31. The van der Waals surface area contributed by atoms with Gasteiger partial charge in [0.05, 0.1) is 5.41 Å². The van der Waals surface area contributed by atoms with E-state index >= 15 is 0 Å². The third kappa shape index (κ3) is 0.640. The van der Waals surface area contributed by atoms with Crippen LogP contribution in [0.2, 0.25) is 0 Å². The molecule has 0 radical (unpaired) electrons. The van der Waals surface area contributed by atoms with Crippen LogP contribution >= 0.6 is 0 Å². The summed E-state index contributed by atoms with van der Waals surface area (Å²) in [6, 6.07) is 0. The van der Waals surface area contributed by atoms with E-state index in [9.17, 15) is 9.59 Å². The summed E-state index contributed by atoms with van der Waals surface area (Å²) >= 11 is 0. The van der Waals surface area contributed by atoms with Crippen LogP contribution in [-0.2, 0) is 14.3 Å². The van der Waals surface area contributed by atoms with Gasteiger partial charge in [-0.25, -0.2) is 0 Å². The molecule has 1 saturated carbocycles. The summed E-state index contributed by atoms with van der Waals surface area (Å²) in [7, 11) is 0. The standard InChI is InChI=1S/C10H14O3/c1-8(2)9(3)4-5-10(8,6-11)13-7(9)12/h6H,4-5H2,1-3H3/t9?,10-/m1/s1. The lowest BCUT2D eigenvalue weighted by Crippen LogP contribution is -2.42. The molecular weight excluding hydrogens is 168 g/mol. The molecule has 1 saturated heterocycles. The highest BCUT2D eigenvalue weighted by Gasteiger charge is 2.72. The molecule has 2 atom stereocenters. The van der Waals surface area contributed by atoms with E-state index in [0.717, 1.165) is 12.7 Å². The maximum absolute atomic E-state index is 11.6. The van der Waals surface area contributed by atoms with E-state index in [1.54, 1.807) is 0 Å². The molecule has 13 heavy (non-hydrogen) atoms. The second-order valence-electron chi connectivity index (χ2n) is 4.85.